The van der Waals surface area contributed by atoms with E-state index in [1.807, 2.05) is 52.8 Å². The van der Waals surface area contributed by atoms with Crippen molar-refractivity contribution in [3.8, 4) is 11.5 Å². The summed E-state index contributed by atoms with van der Waals surface area (Å²) in [5.41, 5.74) is 1.60. The Morgan fingerprint density at radius 3 is 2.59 bits per heavy atom. The van der Waals surface area contributed by atoms with E-state index >= 15 is 0 Å². The molecule has 0 radical (unpaired) electrons. The van der Waals surface area contributed by atoms with Crippen molar-refractivity contribution >= 4 is 16.7 Å². The Morgan fingerprint density at radius 2 is 1.97 bits per heavy atom. The monoisotopic (exact) mass is 425 g/mol. The van der Waals surface area contributed by atoms with Gasteiger partial charge < -0.3 is 23.7 Å². The van der Waals surface area contributed by atoms with E-state index in [9.17, 15) is 4.21 Å². The van der Waals surface area contributed by atoms with E-state index in [0.717, 1.165) is 11.3 Å². The minimum Gasteiger partial charge on any atom is -0.497 e. The Kier molecular flexibility index (Phi) is 6.67. The van der Waals surface area contributed by atoms with Crippen molar-refractivity contribution in [1.82, 2.24) is 0 Å². The van der Waals surface area contributed by atoms with Gasteiger partial charge in [0.2, 0.25) is 0 Å². The second-order valence-electron chi connectivity index (χ2n) is 8.69. The number of hydrogen-bond acceptors (Lipinski definition) is 6. The molecule has 2 heterocycles. The van der Waals surface area contributed by atoms with Crippen LogP contribution in [0.3, 0.4) is 0 Å². The number of hydrogen-bond donors (Lipinski definition) is 0. The zero-order valence-corrected chi connectivity index (χ0v) is 18.8. The summed E-state index contributed by atoms with van der Waals surface area (Å²) in [6.07, 6.45) is 0.192. The summed E-state index contributed by atoms with van der Waals surface area (Å²) in [6, 6.07) is 5.58. The maximum absolute atomic E-state index is 12.6. The largest absolute Gasteiger partial charge is 0.497 e. The number of nitrogens with zero attached hydrogens (tertiary/aromatic N) is 1. The molecule has 0 aromatic heterocycles. The molecule has 29 heavy (non-hydrogen) atoms. The summed E-state index contributed by atoms with van der Waals surface area (Å²) in [5.74, 6) is 0.789. The fraction of sp³-hybridized carbons (Fsp3) is 0.667. The van der Waals surface area contributed by atoms with Crippen LogP contribution in [0.15, 0.2) is 22.6 Å². The van der Waals surface area contributed by atoms with E-state index in [-0.39, 0.29) is 12.2 Å². The Labute approximate surface area is 175 Å². The standard InChI is InChI=1S/C21H31NO6S/c1-20(2,3)29(23)22-18-9-15(11-25-12-16-13-26-21(4,5)28-16)27-19-10-14(24-6)7-8-17(18)19/h7-8,10,15-16H,9,11-13H2,1-6H3/t15-,16+,29+/m1/s1. The zero-order chi connectivity index (χ0) is 21.2. The Balaban J connectivity index is 1.71. The van der Waals surface area contributed by atoms with Gasteiger partial charge in [0, 0.05) is 18.1 Å². The van der Waals surface area contributed by atoms with Gasteiger partial charge in [0.05, 0.1) is 37.4 Å². The molecule has 0 N–H and O–H groups in total. The van der Waals surface area contributed by atoms with E-state index in [4.69, 9.17) is 23.7 Å². The first-order valence-corrected chi connectivity index (χ1v) is 10.9. The highest BCUT2D eigenvalue weighted by atomic mass is 32.2. The predicted molar refractivity (Wildman–Crippen MR) is 112 cm³/mol. The van der Waals surface area contributed by atoms with Crippen LogP contribution < -0.4 is 9.47 Å². The molecule has 0 bridgehead atoms. The molecule has 1 saturated heterocycles. The normalized spacial score (nSPS) is 26.1. The van der Waals surface area contributed by atoms with Gasteiger partial charge in [-0.15, -0.1) is 0 Å². The number of ether oxygens (including phenoxy) is 5. The molecule has 0 spiro atoms. The molecule has 3 atom stereocenters. The van der Waals surface area contributed by atoms with Crippen molar-refractivity contribution in [2.24, 2.45) is 4.40 Å². The summed E-state index contributed by atoms with van der Waals surface area (Å²) < 4.78 is 45.3. The molecule has 3 rings (SSSR count). The molecule has 2 aliphatic rings. The molecular weight excluding hydrogens is 394 g/mol. The molecule has 0 amide bonds. The van der Waals surface area contributed by atoms with Crippen molar-refractivity contribution in [2.45, 2.75) is 63.8 Å². The molecule has 2 aliphatic heterocycles. The summed E-state index contributed by atoms with van der Waals surface area (Å²) in [6.45, 7) is 10.8. The summed E-state index contributed by atoms with van der Waals surface area (Å²) in [7, 11) is 0.254. The molecule has 0 aliphatic carbocycles. The van der Waals surface area contributed by atoms with Crippen LogP contribution in [0.5, 0.6) is 11.5 Å². The van der Waals surface area contributed by atoms with Gasteiger partial charge in [0.25, 0.3) is 0 Å². The fourth-order valence-electron chi connectivity index (χ4n) is 3.10. The van der Waals surface area contributed by atoms with Crippen LogP contribution in [0, 0.1) is 0 Å². The molecule has 1 fully saturated rings. The van der Waals surface area contributed by atoms with Crippen LogP contribution in [0.2, 0.25) is 0 Å². The summed E-state index contributed by atoms with van der Waals surface area (Å²) in [5, 5.41) is 0. The van der Waals surface area contributed by atoms with Gasteiger partial charge in [-0.2, -0.15) is 4.40 Å². The van der Waals surface area contributed by atoms with Crippen LogP contribution in [0.1, 0.15) is 46.6 Å². The van der Waals surface area contributed by atoms with E-state index in [0.29, 0.717) is 37.7 Å². The Hall–Kier alpha value is -1.48. The number of benzene rings is 1. The smallest absolute Gasteiger partial charge is 0.163 e. The number of fused-ring (bicyclic) bond motifs is 1. The summed E-state index contributed by atoms with van der Waals surface area (Å²) >= 11 is 0. The lowest BCUT2D eigenvalue weighted by Crippen LogP contribution is -2.34. The first-order valence-electron chi connectivity index (χ1n) is 9.81. The lowest BCUT2D eigenvalue weighted by molar-refractivity contribution is -0.146. The number of methoxy groups -OCH3 is 1. The lowest BCUT2D eigenvalue weighted by Gasteiger charge is -2.28. The second-order valence-corrected chi connectivity index (χ2v) is 10.6. The van der Waals surface area contributed by atoms with Gasteiger partial charge in [0.1, 0.15) is 34.7 Å². The van der Waals surface area contributed by atoms with Crippen molar-refractivity contribution in [2.75, 3.05) is 26.9 Å². The molecule has 162 valence electrons. The molecule has 1 aromatic carbocycles. The fourth-order valence-corrected chi connectivity index (χ4v) is 3.75. The van der Waals surface area contributed by atoms with E-state index in [1.54, 1.807) is 7.11 Å². The third kappa shape index (κ3) is 5.78. The summed E-state index contributed by atoms with van der Waals surface area (Å²) in [4.78, 5) is 0. The minimum atomic E-state index is -1.36. The van der Waals surface area contributed by atoms with Gasteiger partial charge >= 0.3 is 0 Å². The van der Waals surface area contributed by atoms with Crippen LogP contribution in [0.25, 0.3) is 0 Å². The topological polar surface area (TPSA) is 75.6 Å². The van der Waals surface area contributed by atoms with E-state index in [1.165, 1.54) is 0 Å². The third-order valence-electron chi connectivity index (χ3n) is 4.61. The third-order valence-corrected chi connectivity index (χ3v) is 6.04. The zero-order valence-electron chi connectivity index (χ0n) is 18.0. The highest BCUT2D eigenvalue weighted by Crippen LogP contribution is 2.33. The predicted octanol–water partition coefficient (Wildman–Crippen LogP) is 3.27. The van der Waals surface area contributed by atoms with Crippen LogP contribution >= 0.6 is 0 Å². The SMILES string of the molecule is COc1ccc2c(c1)O[C@@H](COC[C@H]1COC(C)(C)O1)CC2=N[S@@](=O)C(C)(C)C. The highest BCUT2D eigenvalue weighted by molar-refractivity contribution is 7.85. The molecule has 7 nitrogen and oxygen atoms in total. The van der Waals surface area contributed by atoms with Crippen LogP contribution in [0.4, 0.5) is 0 Å². The van der Waals surface area contributed by atoms with Gasteiger partial charge in [-0.3, -0.25) is 0 Å². The highest BCUT2D eigenvalue weighted by Gasteiger charge is 2.33. The Bertz CT molecular complexity index is 786. The average Bonchev–Trinajstić information content (AvgIpc) is 2.99. The molecular formula is C21H31NO6S. The number of rotatable bonds is 6. The van der Waals surface area contributed by atoms with Crippen molar-refractivity contribution in [1.29, 1.82) is 0 Å². The van der Waals surface area contributed by atoms with Crippen LogP contribution in [-0.4, -0.2) is 59.6 Å². The van der Waals surface area contributed by atoms with Gasteiger partial charge in [-0.05, 0) is 46.8 Å². The molecule has 0 saturated carbocycles. The van der Waals surface area contributed by atoms with E-state index < -0.39 is 21.5 Å². The van der Waals surface area contributed by atoms with Crippen molar-refractivity contribution < 1.29 is 27.9 Å². The second kappa shape index (κ2) is 8.71. The van der Waals surface area contributed by atoms with Gasteiger partial charge in [-0.25, -0.2) is 4.21 Å². The molecule has 0 unspecified atom stereocenters. The minimum absolute atomic E-state index is 0.0949. The van der Waals surface area contributed by atoms with Crippen molar-refractivity contribution in [3.63, 3.8) is 0 Å². The molecule has 8 heteroatoms. The first-order chi connectivity index (χ1) is 13.6. The lowest BCUT2D eigenvalue weighted by atomic mass is 10.00. The van der Waals surface area contributed by atoms with Crippen LogP contribution in [-0.2, 0) is 25.2 Å². The van der Waals surface area contributed by atoms with Gasteiger partial charge in [0.15, 0.2) is 5.79 Å². The maximum Gasteiger partial charge on any atom is 0.163 e. The van der Waals surface area contributed by atoms with E-state index in [2.05, 4.69) is 4.40 Å². The quantitative estimate of drug-likeness (QED) is 0.696. The average molecular weight is 426 g/mol. The molecule has 1 aromatic rings. The Morgan fingerprint density at radius 1 is 1.24 bits per heavy atom. The first kappa shape index (κ1) is 22.2. The van der Waals surface area contributed by atoms with Gasteiger partial charge in [-0.1, -0.05) is 0 Å². The van der Waals surface area contributed by atoms with Crippen molar-refractivity contribution in [3.05, 3.63) is 23.8 Å². The maximum atomic E-state index is 12.6.